The molecule has 1 N–H and O–H groups in total. The number of aromatic nitrogens is 1. The molecule has 0 bridgehead atoms. The standard InChI is InChI=1S/C17H26ClN3/c1-19-13-15-14(18)5-6-16(20-15)21-11-9-17(10-12-21)7-3-2-4-8-17/h5-6,19H,2-4,7-13H2,1H3. The third kappa shape index (κ3) is 3.35. The van der Waals surface area contributed by atoms with Gasteiger partial charge in [-0.3, -0.25) is 0 Å². The number of rotatable bonds is 3. The maximum Gasteiger partial charge on any atom is 0.128 e. The predicted octanol–water partition coefficient (Wildman–Crippen LogP) is 4.01. The fraction of sp³-hybridized carbons (Fsp3) is 0.706. The number of pyridine rings is 1. The summed E-state index contributed by atoms with van der Waals surface area (Å²) in [6.45, 7) is 3.02. The maximum atomic E-state index is 6.21. The van der Waals surface area contributed by atoms with Gasteiger partial charge >= 0.3 is 0 Å². The summed E-state index contributed by atoms with van der Waals surface area (Å²) >= 11 is 6.21. The first kappa shape index (κ1) is 15.1. The van der Waals surface area contributed by atoms with Crippen LogP contribution in [-0.4, -0.2) is 25.1 Å². The molecular weight excluding hydrogens is 282 g/mol. The van der Waals surface area contributed by atoms with Gasteiger partial charge in [0.15, 0.2) is 0 Å². The van der Waals surface area contributed by atoms with Crippen molar-refractivity contribution in [3.63, 3.8) is 0 Å². The van der Waals surface area contributed by atoms with Crippen LogP contribution in [0.2, 0.25) is 5.02 Å². The first-order chi connectivity index (χ1) is 10.2. The Hall–Kier alpha value is -0.800. The number of hydrogen-bond acceptors (Lipinski definition) is 3. The van der Waals surface area contributed by atoms with E-state index in [1.165, 1.54) is 44.9 Å². The highest BCUT2D eigenvalue weighted by Crippen LogP contribution is 2.45. The van der Waals surface area contributed by atoms with Crippen LogP contribution in [0.1, 0.15) is 50.6 Å². The molecule has 0 radical (unpaired) electrons. The van der Waals surface area contributed by atoms with Gasteiger partial charge in [0.1, 0.15) is 5.82 Å². The molecule has 4 heteroatoms. The highest BCUT2D eigenvalue weighted by Gasteiger charge is 2.35. The molecule has 1 saturated heterocycles. The minimum Gasteiger partial charge on any atom is -0.357 e. The topological polar surface area (TPSA) is 28.2 Å². The number of hydrogen-bond donors (Lipinski definition) is 1. The summed E-state index contributed by atoms with van der Waals surface area (Å²) in [5.41, 5.74) is 1.60. The zero-order valence-electron chi connectivity index (χ0n) is 13.0. The van der Waals surface area contributed by atoms with Crippen molar-refractivity contribution >= 4 is 17.4 Å². The molecule has 1 aromatic heterocycles. The summed E-state index contributed by atoms with van der Waals surface area (Å²) in [7, 11) is 1.93. The van der Waals surface area contributed by atoms with Gasteiger partial charge in [-0.1, -0.05) is 30.9 Å². The van der Waals surface area contributed by atoms with E-state index < -0.39 is 0 Å². The predicted molar refractivity (Wildman–Crippen MR) is 89.0 cm³/mol. The molecular formula is C17H26ClN3. The smallest absolute Gasteiger partial charge is 0.128 e. The quantitative estimate of drug-likeness (QED) is 0.914. The van der Waals surface area contributed by atoms with Crippen molar-refractivity contribution in [3.05, 3.63) is 22.8 Å². The monoisotopic (exact) mass is 307 g/mol. The van der Waals surface area contributed by atoms with Crippen LogP contribution in [0.25, 0.3) is 0 Å². The fourth-order valence-electron chi connectivity index (χ4n) is 3.95. The molecule has 2 heterocycles. The molecule has 0 amide bonds. The summed E-state index contributed by atoms with van der Waals surface area (Å²) in [5, 5.41) is 3.89. The average Bonchev–Trinajstić information content (AvgIpc) is 2.52. The molecule has 3 nitrogen and oxygen atoms in total. The summed E-state index contributed by atoms with van der Waals surface area (Å²) in [6.07, 6.45) is 9.87. The Morgan fingerprint density at radius 2 is 1.86 bits per heavy atom. The van der Waals surface area contributed by atoms with E-state index >= 15 is 0 Å². The molecule has 0 aromatic carbocycles. The number of nitrogens with one attached hydrogen (secondary N) is 1. The number of anilines is 1. The van der Waals surface area contributed by atoms with Crippen molar-refractivity contribution in [2.24, 2.45) is 5.41 Å². The lowest BCUT2D eigenvalue weighted by Gasteiger charge is -2.44. The van der Waals surface area contributed by atoms with Gasteiger partial charge < -0.3 is 10.2 Å². The first-order valence-electron chi connectivity index (χ1n) is 8.27. The summed E-state index contributed by atoms with van der Waals surface area (Å²) < 4.78 is 0. The van der Waals surface area contributed by atoms with Gasteiger partial charge in [0.2, 0.25) is 0 Å². The molecule has 1 spiro atoms. The Morgan fingerprint density at radius 3 is 2.52 bits per heavy atom. The van der Waals surface area contributed by atoms with E-state index in [-0.39, 0.29) is 0 Å². The van der Waals surface area contributed by atoms with E-state index in [0.29, 0.717) is 5.41 Å². The molecule has 116 valence electrons. The molecule has 2 aliphatic rings. The van der Waals surface area contributed by atoms with Crippen molar-refractivity contribution in [1.29, 1.82) is 0 Å². The molecule has 2 fully saturated rings. The maximum absolute atomic E-state index is 6.21. The SMILES string of the molecule is CNCc1nc(N2CCC3(CCCCC3)CC2)ccc1Cl. The van der Waals surface area contributed by atoms with Gasteiger partial charge in [0.05, 0.1) is 10.7 Å². The van der Waals surface area contributed by atoms with Crippen molar-refractivity contribution < 1.29 is 0 Å². The Morgan fingerprint density at radius 1 is 1.14 bits per heavy atom. The number of nitrogens with zero attached hydrogens (tertiary/aromatic N) is 2. The van der Waals surface area contributed by atoms with Crippen molar-refractivity contribution in [2.45, 2.75) is 51.5 Å². The van der Waals surface area contributed by atoms with E-state index in [9.17, 15) is 0 Å². The van der Waals surface area contributed by atoms with Crippen LogP contribution in [0.5, 0.6) is 0 Å². The average molecular weight is 308 g/mol. The van der Waals surface area contributed by atoms with Gasteiger partial charge in [-0.15, -0.1) is 0 Å². The fourth-order valence-corrected chi connectivity index (χ4v) is 4.12. The van der Waals surface area contributed by atoms with E-state index in [2.05, 4.69) is 16.3 Å². The molecule has 1 aromatic rings. The highest BCUT2D eigenvalue weighted by atomic mass is 35.5. The normalized spacial score (nSPS) is 21.7. The van der Waals surface area contributed by atoms with E-state index in [4.69, 9.17) is 16.6 Å². The lowest BCUT2D eigenvalue weighted by Crippen LogP contribution is -2.41. The summed E-state index contributed by atoms with van der Waals surface area (Å²) in [4.78, 5) is 7.19. The van der Waals surface area contributed by atoms with E-state index in [0.717, 1.165) is 36.2 Å². The Balaban J connectivity index is 1.67. The summed E-state index contributed by atoms with van der Waals surface area (Å²) in [5.74, 6) is 1.09. The molecule has 0 atom stereocenters. The second-order valence-corrected chi connectivity index (χ2v) is 7.08. The van der Waals surface area contributed by atoms with Gasteiger partial charge in [0.25, 0.3) is 0 Å². The summed E-state index contributed by atoms with van der Waals surface area (Å²) in [6, 6.07) is 4.06. The minimum atomic E-state index is 0.648. The third-order valence-corrected chi connectivity index (χ3v) is 5.65. The molecule has 21 heavy (non-hydrogen) atoms. The Bertz CT molecular complexity index is 473. The van der Waals surface area contributed by atoms with Crippen LogP contribution in [0.4, 0.5) is 5.82 Å². The van der Waals surface area contributed by atoms with Gasteiger partial charge in [-0.05, 0) is 50.3 Å². The van der Waals surface area contributed by atoms with Crippen molar-refractivity contribution in [3.8, 4) is 0 Å². The lowest BCUT2D eigenvalue weighted by atomic mass is 9.68. The Labute approximate surface area is 133 Å². The minimum absolute atomic E-state index is 0.648. The van der Waals surface area contributed by atoms with Gasteiger partial charge in [-0.2, -0.15) is 0 Å². The van der Waals surface area contributed by atoms with Crippen LogP contribution in [0, 0.1) is 5.41 Å². The zero-order chi connectivity index (χ0) is 14.7. The second kappa shape index (κ2) is 6.53. The number of halogens is 1. The molecule has 0 unspecified atom stereocenters. The number of piperidine rings is 1. The lowest BCUT2D eigenvalue weighted by molar-refractivity contribution is 0.144. The third-order valence-electron chi connectivity index (χ3n) is 5.31. The second-order valence-electron chi connectivity index (χ2n) is 6.68. The molecule has 1 aliphatic heterocycles. The van der Waals surface area contributed by atoms with Crippen LogP contribution in [0.3, 0.4) is 0 Å². The van der Waals surface area contributed by atoms with Crippen LogP contribution in [-0.2, 0) is 6.54 Å². The molecule has 3 rings (SSSR count). The zero-order valence-corrected chi connectivity index (χ0v) is 13.8. The van der Waals surface area contributed by atoms with Crippen LogP contribution in [0.15, 0.2) is 12.1 Å². The van der Waals surface area contributed by atoms with Crippen LogP contribution < -0.4 is 10.2 Å². The van der Waals surface area contributed by atoms with Crippen molar-refractivity contribution in [1.82, 2.24) is 10.3 Å². The van der Waals surface area contributed by atoms with Crippen LogP contribution >= 0.6 is 11.6 Å². The van der Waals surface area contributed by atoms with Gasteiger partial charge in [0, 0.05) is 19.6 Å². The van der Waals surface area contributed by atoms with E-state index in [1.54, 1.807) is 0 Å². The van der Waals surface area contributed by atoms with Gasteiger partial charge in [-0.25, -0.2) is 4.98 Å². The molecule has 1 aliphatic carbocycles. The first-order valence-corrected chi connectivity index (χ1v) is 8.65. The Kier molecular flexibility index (Phi) is 4.70. The van der Waals surface area contributed by atoms with Crippen molar-refractivity contribution in [2.75, 3.05) is 25.0 Å². The van der Waals surface area contributed by atoms with E-state index in [1.807, 2.05) is 13.1 Å². The highest BCUT2D eigenvalue weighted by molar-refractivity contribution is 6.31. The largest absolute Gasteiger partial charge is 0.357 e. The molecule has 1 saturated carbocycles.